The fourth-order valence-electron chi connectivity index (χ4n) is 3.55. The molecular formula is C21H22N2O4. The zero-order chi connectivity index (χ0) is 19.6. The van der Waals surface area contributed by atoms with Gasteiger partial charge in [-0.15, -0.1) is 0 Å². The minimum atomic E-state index is -1.04. The molecule has 2 aromatic carbocycles. The number of oxime groups is 1. The van der Waals surface area contributed by atoms with Crippen LogP contribution in [0.1, 0.15) is 27.9 Å². The molecule has 1 atom stereocenters. The van der Waals surface area contributed by atoms with Gasteiger partial charge in [-0.2, -0.15) is 0 Å². The van der Waals surface area contributed by atoms with Crippen molar-refractivity contribution in [2.45, 2.75) is 26.3 Å². The topological polar surface area (TPSA) is 79.2 Å². The van der Waals surface area contributed by atoms with Crippen LogP contribution >= 0.6 is 0 Å². The van der Waals surface area contributed by atoms with Crippen molar-refractivity contribution < 1.29 is 19.5 Å². The van der Waals surface area contributed by atoms with Crippen LogP contribution in [0, 0.1) is 13.8 Å². The Labute approximate surface area is 158 Å². The molecule has 0 saturated carbocycles. The van der Waals surface area contributed by atoms with Crippen LogP contribution in [-0.2, 0) is 9.63 Å². The van der Waals surface area contributed by atoms with E-state index in [0.29, 0.717) is 11.3 Å². The number of hydrogen-bond acceptors (Lipinski definition) is 4. The summed E-state index contributed by atoms with van der Waals surface area (Å²) in [4.78, 5) is 30.4. The molecular weight excluding hydrogens is 344 g/mol. The summed E-state index contributed by atoms with van der Waals surface area (Å²) in [6.07, 6.45) is 0.176. The first-order valence-electron chi connectivity index (χ1n) is 8.71. The van der Waals surface area contributed by atoms with Crippen molar-refractivity contribution in [2.24, 2.45) is 5.16 Å². The van der Waals surface area contributed by atoms with Crippen LogP contribution in [0.5, 0.6) is 0 Å². The molecule has 2 aromatic rings. The third-order valence-electron chi connectivity index (χ3n) is 4.83. The predicted octanol–water partition coefficient (Wildman–Crippen LogP) is 3.27. The molecule has 3 rings (SSSR count). The summed E-state index contributed by atoms with van der Waals surface area (Å²) >= 11 is 0. The minimum absolute atomic E-state index is 0.155. The average Bonchev–Trinajstić information content (AvgIpc) is 3.06. The maximum Gasteiger partial charge on any atom is 0.326 e. The predicted molar refractivity (Wildman–Crippen MR) is 103 cm³/mol. The molecule has 0 bridgehead atoms. The minimum Gasteiger partial charge on any atom is -0.480 e. The molecule has 27 heavy (non-hydrogen) atoms. The van der Waals surface area contributed by atoms with Crippen molar-refractivity contribution in [2.75, 3.05) is 13.7 Å². The molecule has 6 nitrogen and oxygen atoms in total. The van der Waals surface area contributed by atoms with Gasteiger partial charge in [0.05, 0.1) is 12.3 Å². The number of carboxylic acid groups (broad SMARTS) is 1. The van der Waals surface area contributed by atoms with Gasteiger partial charge >= 0.3 is 5.97 Å². The maximum atomic E-state index is 12.9. The zero-order valence-corrected chi connectivity index (χ0v) is 15.6. The second kappa shape index (κ2) is 7.61. The Kier molecular flexibility index (Phi) is 5.26. The van der Waals surface area contributed by atoms with Crippen LogP contribution in [-0.4, -0.2) is 47.3 Å². The molecule has 0 aliphatic carbocycles. The summed E-state index contributed by atoms with van der Waals surface area (Å²) in [7, 11) is 1.40. The van der Waals surface area contributed by atoms with Crippen LogP contribution in [0.15, 0.2) is 47.6 Å². The molecule has 0 aromatic heterocycles. The fraction of sp³-hybridized carbons (Fsp3) is 0.286. The monoisotopic (exact) mass is 366 g/mol. The summed E-state index contributed by atoms with van der Waals surface area (Å²) in [6, 6.07) is 12.5. The third-order valence-corrected chi connectivity index (χ3v) is 4.83. The summed E-state index contributed by atoms with van der Waals surface area (Å²) in [5.41, 5.74) is 5.51. The van der Waals surface area contributed by atoms with Crippen molar-refractivity contribution in [1.82, 2.24) is 4.90 Å². The van der Waals surface area contributed by atoms with E-state index in [0.717, 1.165) is 11.1 Å². The second-order valence-electron chi connectivity index (χ2n) is 6.68. The summed E-state index contributed by atoms with van der Waals surface area (Å²) in [6.45, 7) is 4.27. The first-order chi connectivity index (χ1) is 12.9. The number of hydrogen-bond donors (Lipinski definition) is 1. The van der Waals surface area contributed by atoms with Crippen LogP contribution in [0.25, 0.3) is 11.1 Å². The van der Waals surface area contributed by atoms with Gasteiger partial charge in [-0.3, -0.25) is 4.79 Å². The van der Waals surface area contributed by atoms with E-state index in [4.69, 9.17) is 4.84 Å². The molecule has 1 aliphatic rings. The Hall–Kier alpha value is -3.15. The maximum absolute atomic E-state index is 12.9. The highest BCUT2D eigenvalue weighted by Crippen LogP contribution is 2.28. The lowest BCUT2D eigenvalue weighted by atomic mass is 9.95. The molecule has 1 heterocycles. The summed E-state index contributed by atoms with van der Waals surface area (Å²) in [5.74, 6) is -1.37. The van der Waals surface area contributed by atoms with Crippen molar-refractivity contribution in [3.63, 3.8) is 0 Å². The van der Waals surface area contributed by atoms with Crippen molar-refractivity contribution in [3.8, 4) is 11.1 Å². The number of amides is 1. The second-order valence-corrected chi connectivity index (χ2v) is 6.68. The normalized spacial score (nSPS) is 18.0. The Morgan fingerprint density at radius 3 is 2.30 bits per heavy atom. The summed E-state index contributed by atoms with van der Waals surface area (Å²) < 4.78 is 0. The van der Waals surface area contributed by atoms with Gasteiger partial charge in [0.1, 0.15) is 13.2 Å². The molecule has 140 valence electrons. The molecule has 1 fully saturated rings. The fourth-order valence-corrected chi connectivity index (χ4v) is 3.55. The Balaban J connectivity index is 1.87. The average molecular weight is 366 g/mol. The quantitative estimate of drug-likeness (QED) is 0.842. The molecule has 1 aliphatic heterocycles. The van der Waals surface area contributed by atoms with Gasteiger partial charge in [0.2, 0.25) is 0 Å². The van der Waals surface area contributed by atoms with Crippen LogP contribution in [0.4, 0.5) is 0 Å². The number of nitrogens with zero attached hydrogens (tertiary/aromatic N) is 2. The highest BCUT2D eigenvalue weighted by Gasteiger charge is 2.38. The molecule has 0 radical (unpaired) electrons. The first kappa shape index (κ1) is 18.6. The standard InChI is InChI=1S/C21H22N2O4/c1-13-5-4-6-14(2)19(13)15-7-9-16(10-8-15)20(24)23-12-17(22-27-3)11-18(23)21(25)26/h4-10,18H,11-12H2,1-3H3,(H,25,26)/t18-/m0/s1. The number of aliphatic carboxylic acids is 1. The number of carbonyl (C=O) groups excluding carboxylic acids is 1. The molecule has 1 saturated heterocycles. The third kappa shape index (κ3) is 3.69. The lowest BCUT2D eigenvalue weighted by molar-refractivity contribution is -0.141. The molecule has 0 unspecified atom stereocenters. The van der Waals surface area contributed by atoms with Crippen molar-refractivity contribution in [1.29, 1.82) is 0 Å². The molecule has 1 N–H and O–H groups in total. The van der Waals surface area contributed by atoms with Gasteiger partial charge in [0, 0.05) is 12.0 Å². The van der Waals surface area contributed by atoms with E-state index >= 15 is 0 Å². The number of carboxylic acids is 1. The van der Waals surface area contributed by atoms with Crippen molar-refractivity contribution >= 4 is 17.6 Å². The zero-order valence-electron chi connectivity index (χ0n) is 15.6. The van der Waals surface area contributed by atoms with Gasteiger partial charge in [0.15, 0.2) is 0 Å². The largest absolute Gasteiger partial charge is 0.480 e. The van der Waals surface area contributed by atoms with Crippen LogP contribution in [0.3, 0.4) is 0 Å². The number of benzene rings is 2. The number of aryl methyl sites for hydroxylation is 2. The number of rotatable bonds is 4. The van der Waals surface area contributed by atoms with E-state index < -0.39 is 12.0 Å². The van der Waals surface area contributed by atoms with Gasteiger partial charge in [-0.05, 0) is 48.2 Å². The Morgan fingerprint density at radius 1 is 1.11 bits per heavy atom. The smallest absolute Gasteiger partial charge is 0.326 e. The van der Waals surface area contributed by atoms with Gasteiger partial charge in [-0.25, -0.2) is 4.79 Å². The van der Waals surface area contributed by atoms with Crippen molar-refractivity contribution in [3.05, 3.63) is 59.2 Å². The molecule has 1 amide bonds. The van der Waals surface area contributed by atoms with E-state index in [1.165, 1.54) is 23.1 Å². The molecule has 6 heteroatoms. The number of likely N-dealkylation sites (tertiary alicyclic amines) is 1. The van der Waals surface area contributed by atoms with E-state index in [2.05, 4.69) is 31.1 Å². The number of carbonyl (C=O) groups is 2. The highest BCUT2D eigenvalue weighted by atomic mass is 16.6. The Bertz CT molecular complexity index is 883. The van der Waals surface area contributed by atoms with Gasteiger partial charge in [-0.1, -0.05) is 35.5 Å². The van der Waals surface area contributed by atoms with E-state index in [-0.39, 0.29) is 18.9 Å². The van der Waals surface area contributed by atoms with Gasteiger partial charge in [0.25, 0.3) is 5.91 Å². The summed E-state index contributed by atoms with van der Waals surface area (Å²) in [5, 5.41) is 13.2. The van der Waals surface area contributed by atoms with E-state index in [9.17, 15) is 14.7 Å². The first-order valence-corrected chi connectivity index (χ1v) is 8.71. The van der Waals surface area contributed by atoms with E-state index in [1.54, 1.807) is 12.1 Å². The van der Waals surface area contributed by atoms with E-state index in [1.807, 2.05) is 18.2 Å². The lowest BCUT2D eigenvalue weighted by Gasteiger charge is -2.21. The SMILES string of the molecule is CON=C1C[C@@H](C(=O)O)N(C(=O)c2ccc(-c3c(C)cccc3C)cc2)C1. The van der Waals surface area contributed by atoms with Crippen LogP contribution < -0.4 is 0 Å². The highest BCUT2D eigenvalue weighted by molar-refractivity contribution is 6.04. The lowest BCUT2D eigenvalue weighted by Crippen LogP contribution is -2.40. The van der Waals surface area contributed by atoms with Gasteiger partial charge < -0.3 is 14.8 Å². The molecule has 0 spiro atoms. The Morgan fingerprint density at radius 2 is 1.74 bits per heavy atom. The van der Waals surface area contributed by atoms with Crippen LogP contribution in [0.2, 0.25) is 0 Å².